The van der Waals surface area contributed by atoms with Crippen LogP contribution in [0.3, 0.4) is 0 Å². The molecule has 2 rings (SSSR count). The van der Waals surface area contributed by atoms with Crippen LogP contribution in [0.5, 0.6) is 5.75 Å². The Kier molecular flexibility index (Phi) is 3.94. The van der Waals surface area contributed by atoms with Crippen molar-refractivity contribution < 1.29 is 9.53 Å². The largest absolute Gasteiger partial charge is 0.482 e. The Morgan fingerprint density at radius 2 is 2.35 bits per heavy atom. The van der Waals surface area contributed by atoms with E-state index in [0.29, 0.717) is 12.4 Å². The predicted octanol–water partition coefficient (Wildman–Crippen LogP) is 3.05. The Hall–Kier alpha value is -0.740. The van der Waals surface area contributed by atoms with Crippen molar-refractivity contribution in [3.8, 4) is 5.75 Å². The van der Waals surface area contributed by atoms with Gasteiger partial charge in [0.2, 0.25) is 0 Å². The molecule has 17 heavy (non-hydrogen) atoms. The van der Waals surface area contributed by atoms with Gasteiger partial charge in [0.1, 0.15) is 5.75 Å². The maximum absolute atomic E-state index is 11.9. The molecule has 0 radical (unpaired) electrons. The number of ether oxygens (including phenoxy) is 1. The summed E-state index contributed by atoms with van der Waals surface area (Å²) in [5, 5.41) is 0. The number of halogens is 2. The van der Waals surface area contributed by atoms with E-state index in [0.717, 1.165) is 15.9 Å². The number of benzene rings is 1. The van der Waals surface area contributed by atoms with Gasteiger partial charge in [0.05, 0.1) is 5.69 Å². The summed E-state index contributed by atoms with van der Waals surface area (Å²) in [4.78, 5) is 13.6. The van der Waals surface area contributed by atoms with Gasteiger partial charge in [-0.3, -0.25) is 4.79 Å². The second kappa shape index (κ2) is 5.27. The lowest BCUT2D eigenvalue weighted by Gasteiger charge is -2.31. The molecule has 1 heterocycles. The monoisotopic (exact) mass is 317 g/mol. The molecule has 0 bridgehead atoms. The SMILES string of the molecule is CC(CCl)CN1C(=O)COc2ccc(Br)cc21. The first-order chi connectivity index (χ1) is 8.11. The zero-order valence-corrected chi connectivity index (χ0v) is 11.8. The van der Waals surface area contributed by atoms with E-state index in [9.17, 15) is 4.79 Å². The van der Waals surface area contributed by atoms with Gasteiger partial charge in [-0.25, -0.2) is 0 Å². The summed E-state index contributed by atoms with van der Waals surface area (Å²) in [6, 6.07) is 5.66. The molecule has 1 aromatic rings. The average molecular weight is 319 g/mol. The molecule has 0 saturated carbocycles. The van der Waals surface area contributed by atoms with E-state index in [1.54, 1.807) is 4.90 Å². The average Bonchev–Trinajstić information content (AvgIpc) is 2.32. The fourth-order valence-electron chi connectivity index (χ4n) is 1.74. The Balaban J connectivity index is 2.32. The Labute approximate surface area is 114 Å². The van der Waals surface area contributed by atoms with Crippen LogP contribution in [0.4, 0.5) is 5.69 Å². The van der Waals surface area contributed by atoms with Crippen LogP contribution in [0.2, 0.25) is 0 Å². The zero-order chi connectivity index (χ0) is 12.4. The molecule has 0 aliphatic carbocycles. The summed E-state index contributed by atoms with van der Waals surface area (Å²) in [7, 11) is 0. The summed E-state index contributed by atoms with van der Waals surface area (Å²) >= 11 is 9.20. The van der Waals surface area contributed by atoms with Gasteiger partial charge in [-0.05, 0) is 24.1 Å². The number of rotatable bonds is 3. The zero-order valence-electron chi connectivity index (χ0n) is 9.45. The van der Waals surface area contributed by atoms with Crippen LogP contribution < -0.4 is 9.64 Å². The molecule has 1 amide bonds. The number of nitrogens with zero attached hydrogens (tertiary/aromatic N) is 1. The van der Waals surface area contributed by atoms with Gasteiger partial charge in [-0.15, -0.1) is 11.6 Å². The maximum Gasteiger partial charge on any atom is 0.265 e. The first-order valence-corrected chi connectivity index (χ1v) is 6.73. The van der Waals surface area contributed by atoms with E-state index >= 15 is 0 Å². The molecule has 1 aliphatic heterocycles. The third kappa shape index (κ3) is 2.75. The van der Waals surface area contributed by atoms with E-state index in [2.05, 4.69) is 15.9 Å². The molecular formula is C12H13BrClNO2. The molecule has 0 spiro atoms. The molecule has 1 aromatic carbocycles. The summed E-state index contributed by atoms with van der Waals surface area (Å²) in [5.41, 5.74) is 0.813. The molecule has 92 valence electrons. The Morgan fingerprint density at radius 3 is 3.06 bits per heavy atom. The van der Waals surface area contributed by atoms with Crippen molar-refractivity contribution in [1.29, 1.82) is 0 Å². The first-order valence-electron chi connectivity index (χ1n) is 5.40. The number of carbonyl (C=O) groups excluding carboxylic acids is 1. The predicted molar refractivity (Wildman–Crippen MR) is 71.9 cm³/mol. The number of hydrogen-bond donors (Lipinski definition) is 0. The van der Waals surface area contributed by atoms with Gasteiger partial charge in [-0.1, -0.05) is 22.9 Å². The van der Waals surface area contributed by atoms with Gasteiger partial charge < -0.3 is 9.64 Å². The minimum atomic E-state index is -0.0208. The highest BCUT2D eigenvalue weighted by atomic mass is 79.9. The van der Waals surface area contributed by atoms with Crippen LogP contribution in [0.25, 0.3) is 0 Å². The minimum absolute atomic E-state index is 0.0208. The summed E-state index contributed by atoms with van der Waals surface area (Å²) in [5.74, 6) is 1.52. The molecule has 1 atom stereocenters. The quantitative estimate of drug-likeness (QED) is 0.802. The van der Waals surface area contributed by atoms with Gasteiger partial charge in [-0.2, -0.15) is 0 Å². The van der Waals surface area contributed by atoms with Crippen molar-refractivity contribution >= 4 is 39.1 Å². The van der Waals surface area contributed by atoms with E-state index in [1.165, 1.54) is 0 Å². The van der Waals surface area contributed by atoms with Gasteiger partial charge in [0.25, 0.3) is 5.91 Å². The van der Waals surface area contributed by atoms with Crippen LogP contribution in [0.1, 0.15) is 6.92 Å². The van der Waals surface area contributed by atoms with Crippen molar-refractivity contribution in [3.63, 3.8) is 0 Å². The number of anilines is 1. The standard InChI is InChI=1S/C12H13BrClNO2/c1-8(5-14)6-15-10-4-9(13)2-3-11(10)17-7-12(15)16/h2-4,8H,5-7H2,1H3. The molecule has 3 nitrogen and oxygen atoms in total. The lowest BCUT2D eigenvalue weighted by atomic mass is 10.1. The maximum atomic E-state index is 11.9. The van der Waals surface area contributed by atoms with Crippen LogP contribution in [0, 0.1) is 5.92 Å². The van der Waals surface area contributed by atoms with Crippen molar-refractivity contribution in [2.75, 3.05) is 23.9 Å². The number of alkyl halides is 1. The fourth-order valence-corrected chi connectivity index (χ4v) is 2.18. The van der Waals surface area contributed by atoms with Gasteiger partial charge >= 0.3 is 0 Å². The van der Waals surface area contributed by atoms with E-state index < -0.39 is 0 Å². The van der Waals surface area contributed by atoms with Gasteiger partial charge in [0, 0.05) is 16.9 Å². The first kappa shape index (κ1) is 12.7. The Morgan fingerprint density at radius 1 is 1.59 bits per heavy atom. The van der Waals surface area contributed by atoms with Crippen LogP contribution in [-0.2, 0) is 4.79 Å². The second-order valence-electron chi connectivity index (χ2n) is 4.16. The highest BCUT2D eigenvalue weighted by Crippen LogP contribution is 2.34. The number of amides is 1. The van der Waals surface area contributed by atoms with Crippen molar-refractivity contribution in [1.82, 2.24) is 0 Å². The topological polar surface area (TPSA) is 29.5 Å². The second-order valence-corrected chi connectivity index (χ2v) is 5.39. The lowest BCUT2D eigenvalue weighted by Crippen LogP contribution is -2.41. The van der Waals surface area contributed by atoms with Crippen LogP contribution in [0.15, 0.2) is 22.7 Å². The highest BCUT2D eigenvalue weighted by molar-refractivity contribution is 9.10. The third-order valence-electron chi connectivity index (χ3n) is 2.62. The van der Waals surface area contributed by atoms with Crippen LogP contribution in [-0.4, -0.2) is 24.9 Å². The molecular weight excluding hydrogens is 305 g/mol. The van der Waals surface area contributed by atoms with Crippen molar-refractivity contribution in [3.05, 3.63) is 22.7 Å². The molecule has 0 aromatic heterocycles. The van der Waals surface area contributed by atoms with Gasteiger partial charge in [0.15, 0.2) is 6.61 Å². The smallest absolute Gasteiger partial charge is 0.265 e. The molecule has 0 saturated heterocycles. The van der Waals surface area contributed by atoms with Crippen LogP contribution >= 0.6 is 27.5 Å². The highest BCUT2D eigenvalue weighted by Gasteiger charge is 2.26. The number of carbonyl (C=O) groups is 1. The molecule has 5 heteroatoms. The summed E-state index contributed by atoms with van der Waals surface area (Å²) < 4.78 is 6.32. The minimum Gasteiger partial charge on any atom is -0.482 e. The summed E-state index contributed by atoms with van der Waals surface area (Å²) in [6.45, 7) is 2.74. The number of fused-ring (bicyclic) bond motifs is 1. The normalized spacial score (nSPS) is 16.4. The molecule has 1 unspecified atom stereocenters. The molecule has 0 N–H and O–H groups in total. The van der Waals surface area contributed by atoms with Crippen molar-refractivity contribution in [2.45, 2.75) is 6.92 Å². The fraction of sp³-hybridized carbons (Fsp3) is 0.417. The van der Waals surface area contributed by atoms with E-state index in [1.807, 2.05) is 25.1 Å². The summed E-state index contributed by atoms with van der Waals surface area (Å²) in [6.07, 6.45) is 0. The Bertz CT molecular complexity index is 439. The lowest BCUT2D eigenvalue weighted by molar-refractivity contribution is -0.121. The molecule has 1 aliphatic rings. The van der Waals surface area contributed by atoms with Crippen molar-refractivity contribution in [2.24, 2.45) is 5.92 Å². The molecule has 0 fully saturated rings. The third-order valence-corrected chi connectivity index (χ3v) is 3.64. The number of hydrogen-bond acceptors (Lipinski definition) is 2. The van der Waals surface area contributed by atoms with E-state index in [4.69, 9.17) is 16.3 Å². The van der Waals surface area contributed by atoms with E-state index in [-0.39, 0.29) is 18.4 Å².